The first kappa shape index (κ1) is 11.6. The third-order valence-corrected chi connectivity index (χ3v) is 3.82. The van der Waals surface area contributed by atoms with Crippen LogP contribution in [0.25, 0.3) is 0 Å². The van der Waals surface area contributed by atoms with Crippen molar-refractivity contribution in [2.45, 2.75) is 24.2 Å². The Morgan fingerprint density at radius 2 is 2.31 bits per heavy atom. The largest absolute Gasteiger partial charge is 0.335 e. The Morgan fingerprint density at radius 1 is 1.56 bits per heavy atom. The Balaban J connectivity index is 2.19. The van der Waals surface area contributed by atoms with Crippen LogP contribution < -0.4 is 0 Å². The number of carbonyl (C=O) groups is 1. The van der Waals surface area contributed by atoms with Gasteiger partial charge in [0.1, 0.15) is 5.82 Å². The first-order valence-electron chi connectivity index (χ1n) is 5.29. The Bertz CT molecular complexity index is 410. The van der Waals surface area contributed by atoms with E-state index in [1.54, 1.807) is 11.0 Å². The van der Waals surface area contributed by atoms with Crippen LogP contribution in [0.4, 0.5) is 4.39 Å². The molecule has 0 saturated carbocycles. The lowest BCUT2D eigenvalue weighted by atomic mass is 10.1. The van der Waals surface area contributed by atoms with Crippen LogP contribution in [0.1, 0.15) is 24.9 Å². The van der Waals surface area contributed by atoms with Crippen molar-refractivity contribution < 1.29 is 9.18 Å². The molecule has 1 aliphatic rings. The summed E-state index contributed by atoms with van der Waals surface area (Å²) in [6, 6.07) is 6.36. The van der Waals surface area contributed by atoms with Gasteiger partial charge in [0.2, 0.25) is 5.91 Å². The van der Waals surface area contributed by atoms with Crippen molar-refractivity contribution in [1.29, 1.82) is 0 Å². The summed E-state index contributed by atoms with van der Waals surface area (Å²) in [7, 11) is 0. The minimum atomic E-state index is -0.258. The van der Waals surface area contributed by atoms with Gasteiger partial charge < -0.3 is 4.90 Å². The molecule has 4 heteroatoms. The number of benzene rings is 1. The maximum Gasteiger partial charge on any atom is 0.236 e. The van der Waals surface area contributed by atoms with Gasteiger partial charge in [-0.1, -0.05) is 28.1 Å². The first-order valence-corrected chi connectivity index (χ1v) is 6.21. The van der Waals surface area contributed by atoms with E-state index in [0.29, 0.717) is 0 Å². The zero-order valence-electron chi connectivity index (χ0n) is 8.99. The molecule has 1 amide bonds. The Kier molecular flexibility index (Phi) is 3.28. The second-order valence-corrected chi connectivity index (χ2v) is 5.12. The van der Waals surface area contributed by atoms with E-state index in [1.165, 1.54) is 12.1 Å². The van der Waals surface area contributed by atoms with Crippen LogP contribution in [-0.4, -0.2) is 22.2 Å². The number of hydrogen-bond acceptors (Lipinski definition) is 1. The van der Waals surface area contributed by atoms with Crippen LogP contribution in [-0.2, 0) is 4.79 Å². The van der Waals surface area contributed by atoms with Crippen molar-refractivity contribution in [2.24, 2.45) is 0 Å². The highest BCUT2D eigenvalue weighted by Gasteiger charge is 2.32. The van der Waals surface area contributed by atoms with E-state index < -0.39 is 0 Å². The minimum absolute atomic E-state index is 0.0641. The van der Waals surface area contributed by atoms with Gasteiger partial charge in [0, 0.05) is 6.54 Å². The van der Waals surface area contributed by atoms with Crippen molar-refractivity contribution >= 4 is 21.8 Å². The number of nitrogens with zero attached hydrogens (tertiary/aromatic N) is 1. The average Bonchev–Trinajstić information content (AvgIpc) is 2.59. The van der Waals surface area contributed by atoms with Gasteiger partial charge in [0.05, 0.1) is 10.9 Å². The molecule has 2 unspecified atom stereocenters. The van der Waals surface area contributed by atoms with E-state index in [2.05, 4.69) is 15.9 Å². The number of halogens is 2. The molecule has 0 radical (unpaired) electrons. The zero-order chi connectivity index (χ0) is 11.7. The van der Waals surface area contributed by atoms with Crippen molar-refractivity contribution in [3.63, 3.8) is 0 Å². The fraction of sp³-hybridized carbons (Fsp3) is 0.417. The van der Waals surface area contributed by atoms with Crippen LogP contribution in [0.2, 0.25) is 0 Å². The van der Waals surface area contributed by atoms with Crippen molar-refractivity contribution in [1.82, 2.24) is 4.90 Å². The smallest absolute Gasteiger partial charge is 0.236 e. The summed E-state index contributed by atoms with van der Waals surface area (Å²) in [6.45, 7) is 2.66. The van der Waals surface area contributed by atoms with Crippen LogP contribution in [0, 0.1) is 5.82 Å². The third-order valence-electron chi connectivity index (χ3n) is 2.97. The van der Waals surface area contributed by atoms with Gasteiger partial charge in [-0.15, -0.1) is 0 Å². The second kappa shape index (κ2) is 4.53. The van der Waals surface area contributed by atoms with E-state index in [9.17, 15) is 9.18 Å². The molecule has 0 N–H and O–H groups in total. The number of likely N-dealkylation sites (tertiary alicyclic amines) is 1. The fourth-order valence-corrected chi connectivity index (χ4v) is 2.46. The number of amides is 1. The predicted molar refractivity (Wildman–Crippen MR) is 63.9 cm³/mol. The molecule has 1 fully saturated rings. The molecule has 1 aliphatic heterocycles. The van der Waals surface area contributed by atoms with Crippen LogP contribution in [0.15, 0.2) is 24.3 Å². The normalized spacial score (nSPS) is 22.6. The standard InChI is InChI=1S/C12H13BrFNO/c1-8(9-3-2-4-10(14)7-9)15-6-5-11(13)12(15)16/h2-4,7-8,11H,5-6H2,1H3. The summed E-state index contributed by atoms with van der Waals surface area (Å²) in [4.78, 5) is 13.5. The fourth-order valence-electron chi connectivity index (χ4n) is 2.00. The summed E-state index contributed by atoms with van der Waals surface area (Å²) < 4.78 is 13.1. The van der Waals surface area contributed by atoms with E-state index in [1.807, 2.05) is 13.0 Å². The molecule has 2 rings (SSSR count). The lowest BCUT2D eigenvalue weighted by Gasteiger charge is -2.24. The summed E-state index contributed by atoms with van der Waals surface area (Å²) >= 11 is 3.33. The molecule has 1 heterocycles. The Labute approximate surface area is 103 Å². The van der Waals surface area contributed by atoms with Gasteiger partial charge in [0.15, 0.2) is 0 Å². The molecule has 16 heavy (non-hydrogen) atoms. The summed E-state index contributed by atoms with van der Waals surface area (Å²) in [5, 5.41) is 0. The summed E-state index contributed by atoms with van der Waals surface area (Å²) in [5.41, 5.74) is 0.843. The highest BCUT2D eigenvalue weighted by Crippen LogP contribution is 2.28. The summed E-state index contributed by atoms with van der Waals surface area (Å²) in [5.74, 6) is -0.164. The lowest BCUT2D eigenvalue weighted by Crippen LogP contribution is -2.30. The summed E-state index contributed by atoms with van der Waals surface area (Å²) in [6.07, 6.45) is 0.818. The minimum Gasteiger partial charge on any atom is -0.335 e. The third kappa shape index (κ3) is 2.12. The predicted octanol–water partition coefficient (Wildman–Crippen LogP) is 2.88. The molecule has 1 saturated heterocycles. The number of rotatable bonds is 2. The molecule has 2 atom stereocenters. The molecular formula is C12H13BrFNO. The maximum atomic E-state index is 13.1. The van der Waals surface area contributed by atoms with Gasteiger partial charge in [0.25, 0.3) is 0 Å². The zero-order valence-corrected chi connectivity index (χ0v) is 10.6. The quantitative estimate of drug-likeness (QED) is 0.765. The van der Waals surface area contributed by atoms with Gasteiger partial charge in [-0.25, -0.2) is 4.39 Å². The van der Waals surface area contributed by atoms with E-state index in [0.717, 1.165) is 18.5 Å². The molecule has 0 spiro atoms. The van der Waals surface area contributed by atoms with Gasteiger partial charge in [-0.3, -0.25) is 4.79 Å². The molecule has 2 nitrogen and oxygen atoms in total. The maximum absolute atomic E-state index is 13.1. The monoisotopic (exact) mass is 285 g/mol. The van der Waals surface area contributed by atoms with Gasteiger partial charge in [-0.2, -0.15) is 0 Å². The van der Waals surface area contributed by atoms with Crippen LogP contribution >= 0.6 is 15.9 Å². The number of hydrogen-bond donors (Lipinski definition) is 0. The van der Waals surface area contributed by atoms with Crippen LogP contribution in [0.3, 0.4) is 0 Å². The molecule has 86 valence electrons. The van der Waals surface area contributed by atoms with E-state index in [4.69, 9.17) is 0 Å². The highest BCUT2D eigenvalue weighted by molar-refractivity contribution is 9.10. The van der Waals surface area contributed by atoms with Gasteiger partial charge >= 0.3 is 0 Å². The SMILES string of the molecule is CC(c1cccc(F)c1)N1CCC(Br)C1=O. The van der Waals surface area contributed by atoms with E-state index in [-0.39, 0.29) is 22.6 Å². The molecule has 1 aromatic rings. The molecule has 1 aromatic carbocycles. The van der Waals surface area contributed by atoms with Crippen LogP contribution in [0.5, 0.6) is 0 Å². The number of alkyl halides is 1. The van der Waals surface area contributed by atoms with Crippen molar-refractivity contribution in [2.75, 3.05) is 6.54 Å². The molecule has 0 aromatic heterocycles. The highest BCUT2D eigenvalue weighted by atomic mass is 79.9. The lowest BCUT2D eigenvalue weighted by molar-refractivity contribution is -0.129. The Hall–Kier alpha value is -0.900. The molecule has 0 bridgehead atoms. The van der Waals surface area contributed by atoms with E-state index >= 15 is 0 Å². The van der Waals surface area contributed by atoms with Gasteiger partial charge in [-0.05, 0) is 31.0 Å². The average molecular weight is 286 g/mol. The van der Waals surface area contributed by atoms with Crippen molar-refractivity contribution in [3.05, 3.63) is 35.6 Å². The topological polar surface area (TPSA) is 20.3 Å². The first-order chi connectivity index (χ1) is 7.59. The molecular weight excluding hydrogens is 273 g/mol. The molecule has 0 aliphatic carbocycles. The number of carbonyl (C=O) groups excluding carboxylic acids is 1. The Morgan fingerprint density at radius 3 is 2.88 bits per heavy atom. The second-order valence-electron chi connectivity index (χ2n) is 4.02. The van der Waals surface area contributed by atoms with Crippen molar-refractivity contribution in [3.8, 4) is 0 Å².